The maximum Gasteiger partial charge on any atom is 0.485 e. The van der Waals surface area contributed by atoms with E-state index in [1.54, 1.807) is 12.3 Å². The highest BCUT2D eigenvalue weighted by molar-refractivity contribution is 7.96. The lowest BCUT2D eigenvalue weighted by molar-refractivity contribution is -0.105. The van der Waals surface area contributed by atoms with Crippen molar-refractivity contribution in [3.8, 4) is 0 Å². The highest BCUT2D eigenvalue weighted by atomic mass is 32.2. The third kappa shape index (κ3) is 10.1. The van der Waals surface area contributed by atoms with E-state index in [1.807, 2.05) is 36.4 Å². The van der Waals surface area contributed by atoms with Crippen LogP contribution < -0.4 is 10.4 Å². The second kappa shape index (κ2) is 14.9. The van der Waals surface area contributed by atoms with Crippen molar-refractivity contribution in [3.05, 3.63) is 84.4 Å². The van der Waals surface area contributed by atoms with Gasteiger partial charge in [-0.25, -0.2) is 13.8 Å². The van der Waals surface area contributed by atoms with E-state index in [9.17, 15) is 26.3 Å². The molecule has 0 spiro atoms. The highest BCUT2D eigenvalue weighted by Gasteiger charge is 2.38. The van der Waals surface area contributed by atoms with Crippen molar-refractivity contribution in [3.63, 3.8) is 0 Å². The van der Waals surface area contributed by atoms with E-state index in [0.29, 0.717) is 0 Å². The number of hydrazine groups is 1. The summed E-state index contributed by atoms with van der Waals surface area (Å²) in [5, 5.41) is 6.77. The van der Waals surface area contributed by atoms with Gasteiger partial charge in [0, 0.05) is 34.8 Å². The van der Waals surface area contributed by atoms with Gasteiger partial charge in [-0.2, -0.15) is 26.3 Å². The molecule has 4 rings (SSSR count). The summed E-state index contributed by atoms with van der Waals surface area (Å²) in [6, 6.07) is 26.0. The minimum Gasteiger partial charge on any atom is -0.741 e. The fraction of sp³-hybridized carbons (Fsp3) is 0.310. The number of nitrogens with zero attached hydrogens (tertiary/aromatic N) is 1. The van der Waals surface area contributed by atoms with Crippen LogP contribution in [0.2, 0.25) is 0 Å². The molecule has 1 N–H and O–H groups in total. The number of halogens is 6. The number of rotatable bonds is 6. The molecule has 0 fully saturated rings. The Morgan fingerprint density at radius 3 is 1.86 bits per heavy atom. The molecule has 4 aromatic rings. The normalized spacial score (nSPS) is 12.6. The molecular weight excluding hydrogens is 602 g/mol. The smallest absolute Gasteiger partial charge is 0.485 e. The average molecular weight is 635 g/mol. The maximum atomic E-state index is 12.4. The lowest BCUT2D eigenvalue weighted by atomic mass is 10.0. The average Bonchev–Trinajstić information content (AvgIpc) is 2.91. The first-order chi connectivity index (χ1) is 19.5. The first-order valence-corrected chi connectivity index (χ1v) is 15.9. The Hall–Kier alpha value is -3.00. The number of fused-ring (bicyclic) bond motifs is 2. The standard InChI is InChI=1S/C15H20N2.C13H12F3S.CHF3O3S/c1-4-16-17(5-2)15-11-10-12(3)13-8-6-7-9-14(13)15;1-17(9-13(14,15)16)12-8-4-6-10-5-2-3-7-11(10)12;2-1(3,4)8(5,6)7/h6-11,16H,4-5H2,1-3H3;2-8H,9H2,1H3;(H,5,6,7)/q;+1;/p-1. The molecule has 0 aromatic heterocycles. The highest BCUT2D eigenvalue weighted by Crippen LogP contribution is 2.29. The predicted octanol–water partition coefficient (Wildman–Crippen LogP) is 7.56. The van der Waals surface area contributed by atoms with Crippen molar-refractivity contribution in [1.82, 2.24) is 5.43 Å². The molecule has 0 radical (unpaired) electrons. The number of hydrogen-bond donors (Lipinski definition) is 1. The lowest BCUT2D eigenvalue weighted by Gasteiger charge is -2.25. The molecule has 1 unspecified atom stereocenters. The third-order valence-electron chi connectivity index (χ3n) is 5.86. The summed E-state index contributed by atoms with van der Waals surface area (Å²) in [7, 11) is -6.89. The van der Waals surface area contributed by atoms with E-state index in [2.05, 4.69) is 67.6 Å². The number of anilines is 1. The number of alkyl halides is 6. The maximum absolute atomic E-state index is 12.4. The van der Waals surface area contributed by atoms with E-state index in [0.717, 1.165) is 28.8 Å². The Labute approximate surface area is 244 Å². The van der Waals surface area contributed by atoms with Crippen molar-refractivity contribution in [2.24, 2.45) is 0 Å². The summed E-state index contributed by atoms with van der Waals surface area (Å²) in [6.07, 6.45) is -2.45. The Kier molecular flexibility index (Phi) is 12.5. The molecule has 230 valence electrons. The zero-order valence-electron chi connectivity index (χ0n) is 23.4. The minimum absolute atomic E-state index is 0.749. The Morgan fingerprint density at radius 2 is 1.33 bits per heavy atom. The van der Waals surface area contributed by atoms with Crippen LogP contribution in [0.15, 0.2) is 83.8 Å². The van der Waals surface area contributed by atoms with E-state index in [4.69, 9.17) is 13.0 Å². The van der Waals surface area contributed by atoms with Gasteiger partial charge in [0.2, 0.25) is 5.75 Å². The number of aryl methyl sites for hydroxylation is 1. The zero-order valence-corrected chi connectivity index (χ0v) is 25.0. The van der Waals surface area contributed by atoms with Crippen LogP contribution in [0.5, 0.6) is 0 Å². The van der Waals surface area contributed by atoms with Crippen LogP contribution in [-0.2, 0) is 21.0 Å². The Bertz CT molecular complexity index is 1560. The summed E-state index contributed by atoms with van der Waals surface area (Å²) >= 11 is 0. The quantitative estimate of drug-likeness (QED) is 0.0780. The molecule has 0 saturated heterocycles. The topological polar surface area (TPSA) is 72.5 Å². The van der Waals surface area contributed by atoms with Crippen molar-refractivity contribution in [2.75, 3.05) is 30.1 Å². The second-order valence-electron chi connectivity index (χ2n) is 8.98. The van der Waals surface area contributed by atoms with Gasteiger partial charge in [0.25, 0.3) is 0 Å². The second-order valence-corrected chi connectivity index (χ2v) is 12.4. The fourth-order valence-electron chi connectivity index (χ4n) is 4.05. The van der Waals surface area contributed by atoms with Crippen molar-refractivity contribution < 1.29 is 39.3 Å². The zero-order chi connectivity index (χ0) is 31.7. The van der Waals surface area contributed by atoms with Crippen molar-refractivity contribution in [2.45, 2.75) is 37.4 Å². The van der Waals surface area contributed by atoms with Crippen LogP contribution in [0.4, 0.5) is 32.0 Å². The molecule has 0 bridgehead atoms. The molecule has 0 aliphatic rings. The minimum atomic E-state index is -6.09. The molecule has 5 nitrogen and oxygen atoms in total. The van der Waals surface area contributed by atoms with Crippen LogP contribution in [0.1, 0.15) is 19.4 Å². The van der Waals surface area contributed by atoms with Gasteiger partial charge in [-0.1, -0.05) is 67.6 Å². The molecule has 0 heterocycles. The third-order valence-corrected chi connectivity index (χ3v) is 8.30. The van der Waals surface area contributed by atoms with Crippen LogP contribution in [0.3, 0.4) is 0 Å². The molecule has 1 atom stereocenters. The van der Waals surface area contributed by atoms with Gasteiger partial charge < -0.3 is 9.56 Å². The summed E-state index contributed by atoms with van der Waals surface area (Å²) < 4.78 is 96.1. The summed E-state index contributed by atoms with van der Waals surface area (Å²) in [4.78, 5) is 0.792. The van der Waals surface area contributed by atoms with Gasteiger partial charge in [-0.3, -0.25) is 0 Å². The molecule has 0 saturated carbocycles. The summed E-state index contributed by atoms with van der Waals surface area (Å²) in [5.41, 5.74) is 0.338. The van der Waals surface area contributed by atoms with E-state index >= 15 is 0 Å². The van der Waals surface area contributed by atoms with Gasteiger partial charge in [-0.05, 0) is 48.4 Å². The van der Waals surface area contributed by atoms with Gasteiger partial charge >= 0.3 is 11.7 Å². The van der Waals surface area contributed by atoms with Crippen LogP contribution in [0.25, 0.3) is 21.5 Å². The van der Waals surface area contributed by atoms with Gasteiger partial charge in [0.05, 0.1) is 5.69 Å². The SMILES string of the molecule is CCNN(CC)c1ccc(C)c2ccccc12.C[S+](CC(F)(F)F)c1cccc2ccccc12.O=S(=O)([O-])C(F)(F)F. The fourth-order valence-corrected chi connectivity index (χ4v) is 5.57. The molecule has 0 aliphatic carbocycles. The number of nitrogens with one attached hydrogen (secondary N) is 1. The van der Waals surface area contributed by atoms with Gasteiger partial charge in [-0.15, -0.1) is 0 Å². The molecule has 0 aliphatic heterocycles. The van der Waals surface area contributed by atoms with Crippen molar-refractivity contribution >= 4 is 48.2 Å². The first kappa shape index (κ1) is 35.2. The predicted molar refractivity (Wildman–Crippen MR) is 158 cm³/mol. The Morgan fingerprint density at radius 1 is 0.810 bits per heavy atom. The lowest BCUT2D eigenvalue weighted by Crippen LogP contribution is -2.37. The van der Waals surface area contributed by atoms with Gasteiger partial charge in [0.1, 0.15) is 6.26 Å². The monoisotopic (exact) mass is 634 g/mol. The molecule has 13 heteroatoms. The van der Waals surface area contributed by atoms with E-state index in [1.165, 1.54) is 22.0 Å². The van der Waals surface area contributed by atoms with Crippen LogP contribution in [-0.4, -0.2) is 49.8 Å². The molecule has 4 aromatic carbocycles. The largest absolute Gasteiger partial charge is 0.741 e. The summed E-state index contributed by atoms with van der Waals surface area (Å²) in [6.45, 7) is 8.35. The first-order valence-electron chi connectivity index (χ1n) is 12.7. The molecule has 42 heavy (non-hydrogen) atoms. The van der Waals surface area contributed by atoms with E-state index in [-0.39, 0.29) is 0 Å². The molecular formula is C29H32F6N2O3S2. The molecule has 0 amide bonds. The Balaban J connectivity index is 0.000000236. The van der Waals surface area contributed by atoms with E-state index < -0.39 is 38.5 Å². The van der Waals surface area contributed by atoms with Crippen molar-refractivity contribution in [1.29, 1.82) is 0 Å². The van der Waals surface area contributed by atoms with Crippen LogP contribution >= 0.6 is 0 Å². The number of hydrogen-bond acceptors (Lipinski definition) is 5. The number of benzene rings is 4. The van der Waals surface area contributed by atoms with Gasteiger partial charge in [0.15, 0.2) is 15.0 Å². The van der Waals surface area contributed by atoms with Crippen LogP contribution in [0, 0.1) is 6.92 Å². The summed E-state index contributed by atoms with van der Waals surface area (Å²) in [5.74, 6) is -0.749.